The number of aromatic nitrogens is 2. The van der Waals surface area contributed by atoms with E-state index in [9.17, 15) is 14.0 Å². The lowest BCUT2D eigenvalue weighted by atomic mass is 10.2. The summed E-state index contributed by atoms with van der Waals surface area (Å²) in [5.74, 6) is -0.289. The molecule has 0 saturated heterocycles. The molecule has 0 saturated carbocycles. The number of halogens is 2. The molecule has 150 valence electrons. The number of nitrogens with one attached hydrogen (secondary N) is 1. The summed E-state index contributed by atoms with van der Waals surface area (Å²) in [6, 6.07) is 17.5. The predicted molar refractivity (Wildman–Crippen MR) is 117 cm³/mol. The Morgan fingerprint density at radius 3 is 2.67 bits per heavy atom. The molecule has 0 spiro atoms. The Hall–Kier alpha value is -3.16. The van der Waals surface area contributed by atoms with E-state index in [0.29, 0.717) is 33.4 Å². The second-order valence-electron chi connectivity index (χ2n) is 6.41. The van der Waals surface area contributed by atoms with E-state index in [-0.39, 0.29) is 11.5 Å². The van der Waals surface area contributed by atoms with E-state index < -0.39 is 5.82 Å². The van der Waals surface area contributed by atoms with Crippen LogP contribution < -0.4 is 10.9 Å². The number of benzene rings is 2. The van der Waals surface area contributed by atoms with Crippen molar-refractivity contribution in [2.75, 3.05) is 5.32 Å². The highest BCUT2D eigenvalue weighted by atomic mass is 35.5. The Morgan fingerprint density at radius 2 is 1.87 bits per heavy atom. The Kier molecular flexibility index (Phi) is 5.83. The highest BCUT2D eigenvalue weighted by molar-refractivity contribution is 7.98. The van der Waals surface area contributed by atoms with E-state index in [1.807, 2.05) is 18.2 Å². The Morgan fingerprint density at radius 1 is 1.10 bits per heavy atom. The average Bonchev–Trinajstić information content (AvgIpc) is 2.74. The number of anilines is 1. The number of rotatable bonds is 5. The molecule has 2 aromatic carbocycles. The zero-order chi connectivity index (χ0) is 21.1. The fourth-order valence-electron chi connectivity index (χ4n) is 2.84. The third kappa shape index (κ3) is 4.53. The molecule has 4 aromatic rings. The number of pyridine rings is 1. The molecule has 30 heavy (non-hydrogen) atoms. The summed E-state index contributed by atoms with van der Waals surface area (Å²) in [6.45, 7) is 0. The monoisotopic (exact) mass is 439 g/mol. The van der Waals surface area contributed by atoms with Crippen molar-refractivity contribution < 1.29 is 9.18 Å². The van der Waals surface area contributed by atoms with Gasteiger partial charge >= 0.3 is 0 Å². The lowest BCUT2D eigenvalue weighted by molar-refractivity contribution is 0.102. The molecule has 0 bridgehead atoms. The van der Waals surface area contributed by atoms with Crippen molar-refractivity contribution in [3.05, 3.63) is 105 Å². The maximum Gasteiger partial charge on any atom is 0.258 e. The number of para-hydroxylation sites is 1. The van der Waals surface area contributed by atoms with Crippen molar-refractivity contribution in [1.82, 2.24) is 9.38 Å². The summed E-state index contributed by atoms with van der Waals surface area (Å²) in [7, 11) is 0. The zero-order valence-electron chi connectivity index (χ0n) is 15.5. The van der Waals surface area contributed by atoms with E-state index in [4.69, 9.17) is 11.6 Å². The summed E-state index contributed by atoms with van der Waals surface area (Å²) in [6.07, 6.45) is 1.53. The highest BCUT2D eigenvalue weighted by Crippen LogP contribution is 2.29. The van der Waals surface area contributed by atoms with Gasteiger partial charge in [-0.3, -0.25) is 14.0 Å². The van der Waals surface area contributed by atoms with Crippen LogP contribution in [0.4, 0.5) is 10.1 Å². The standard InChI is InChI=1S/C22H15ClFN3O2S/c23-15-7-10-20-25-17(11-21(28)27(20)12-15)13-30-19-4-2-1-3-18(19)26-22(29)14-5-8-16(24)9-6-14/h1-12H,13H2,(H,26,29). The molecule has 0 aliphatic heterocycles. The summed E-state index contributed by atoms with van der Waals surface area (Å²) in [4.78, 5) is 30.1. The molecule has 0 unspecified atom stereocenters. The molecule has 0 fully saturated rings. The van der Waals surface area contributed by atoms with Crippen LogP contribution in [0.3, 0.4) is 0 Å². The largest absolute Gasteiger partial charge is 0.321 e. The van der Waals surface area contributed by atoms with Crippen LogP contribution in [0.25, 0.3) is 5.65 Å². The normalized spacial score (nSPS) is 10.9. The molecule has 0 aliphatic rings. The molecule has 8 heteroatoms. The van der Waals surface area contributed by atoms with Gasteiger partial charge in [-0.25, -0.2) is 9.37 Å². The lowest BCUT2D eigenvalue weighted by Gasteiger charge is -2.11. The topological polar surface area (TPSA) is 63.5 Å². The first-order valence-electron chi connectivity index (χ1n) is 8.96. The minimum atomic E-state index is -0.399. The summed E-state index contributed by atoms with van der Waals surface area (Å²) in [5, 5.41) is 3.30. The van der Waals surface area contributed by atoms with Gasteiger partial charge in [-0.1, -0.05) is 23.7 Å². The van der Waals surface area contributed by atoms with E-state index in [2.05, 4.69) is 10.3 Å². The summed E-state index contributed by atoms with van der Waals surface area (Å²) in [5.41, 5.74) is 1.91. The van der Waals surface area contributed by atoms with Gasteiger partial charge in [0.25, 0.3) is 11.5 Å². The van der Waals surface area contributed by atoms with Gasteiger partial charge in [-0.05, 0) is 48.5 Å². The second-order valence-corrected chi connectivity index (χ2v) is 7.86. The van der Waals surface area contributed by atoms with Crippen LogP contribution in [0.2, 0.25) is 5.02 Å². The summed E-state index contributed by atoms with van der Waals surface area (Å²) < 4.78 is 14.5. The lowest BCUT2D eigenvalue weighted by Crippen LogP contribution is -2.15. The van der Waals surface area contributed by atoms with Gasteiger partial charge in [-0.15, -0.1) is 11.8 Å². The van der Waals surface area contributed by atoms with Gasteiger partial charge in [0.1, 0.15) is 11.5 Å². The minimum absolute atomic E-state index is 0.212. The van der Waals surface area contributed by atoms with Gasteiger partial charge in [0.2, 0.25) is 0 Å². The first-order chi connectivity index (χ1) is 14.5. The third-order valence-electron chi connectivity index (χ3n) is 4.29. The van der Waals surface area contributed by atoms with Crippen LogP contribution in [0.1, 0.15) is 16.1 Å². The van der Waals surface area contributed by atoms with Crippen molar-refractivity contribution in [3.8, 4) is 0 Å². The van der Waals surface area contributed by atoms with Gasteiger partial charge < -0.3 is 5.32 Å². The number of amides is 1. The minimum Gasteiger partial charge on any atom is -0.321 e. The second kappa shape index (κ2) is 8.69. The number of carbonyl (C=O) groups excluding carboxylic acids is 1. The maximum atomic E-state index is 13.1. The smallest absolute Gasteiger partial charge is 0.258 e. The van der Waals surface area contributed by atoms with E-state index in [1.165, 1.54) is 52.7 Å². The third-order valence-corrected chi connectivity index (χ3v) is 5.62. The SMILES string of the molecule is O=C(Nc1ccccc1SCc1cc(=O)n2cc(Cl)ccc2n1)c1ccc(F)cc1. The molecule has 0 atom stereocenters. The molecular weight excluding hydrogens is 425 g/mol. The quantitative estimate of drug-likeness (QED) is 0.443. The molecule has 1 amide bonds. The highest BCUT2D eigenvalue weighted by Gasteiger charge is 2.11. The van der Waals surface area contributed by atoms with E-state index >= 15 is 0 Å². The van der Waals surface area contributed by atoms with E-state index in [1.54, 1.807) is 18.2 Å². The molecule has 0 radical (unpaired) electrons. The molecule has 2 heterocycles. The van der Waals surface area contributed by atoms with Gasteiger partial charge in [0, 0.05) is 28.5 Å². The van der Waals surface area contributed by atoms with Crippen molar-refractivity contribution in [1.29, 1.82) is 0 Å². The first kappa shape index (κ1) is 20.1. The number of fused-ring (bicyclic) bond motifs is 1. The number of carbonyl (C=O) groups is 1. The predicted octanol–water partition coefficient (Wildman–Crippen LogP) is 5.03. The Labute approximate surface area is 180 Å². The van der Waals surface area contributed by atoms with Gasteiger partial charge in [0.15, 0.2) is 0 Å². The van der Waals surface area contributed by atoms with Crippen molar-refractivity contribution in [2.45, 2.75) is 10.6 Å². The Balaban J connectivity index is 1.53. The van der Waals surface area contributed by atoms with Crippen molar-refractivity contribution in [3.63, 3.8) is 0 Å². The van der Waals surface area contributed by atoms with Crippen LogP contribution in [-0.4, -0.2) is 15.3 Å². The fraction of sp³-hybridized carbons (Fsp3) is 0.0455. The number of thioether (sulfide) groups is 1. The maximum absolute atomic E-state index is 13.1. The number of hydrogen-bond donors (Lipinski definition) is 1. The molecular formula is C22H15ClFN3O2S. The van der Waals surface area contributed by atoms with Crippen molar-refractivity contribution >= 4 is 40.6 Å². The fourth-order valence-corrected chi connectivity index (χ4v) is 3.90. The molecule has 5 nitrogen and oxygen atoms in total. The zero-order valence-corrected chi connectivity index (χ0v) is 17.1. The summed E-state index contributed by atoms with van der Waals surface area (Å²) >= 11 is 7.39. The first-order valence-corrected chi connectivity index (χ1v) is 10.3. The van der Waals surface area contributed by atoms with Crippen LogP contribution in [0.15, 0.2) is 82.6 Å². The van der Waals surface area contributed by atoms with E-state index in [0.717, 1.165) is 4.90 Å². The van der Waals surface area contributed by atoms with Gasteiger partial charge in [-0.2, -0.15) is 0 Å². The van der Waals surface area contributed by atoms with Crippen molar-refractivity contribution in [2.24, 2.45) is 0 Å². The average molecular weight is 440 g/mol. The Bertz CT molecular complexity index is 1290. The van der Waals surface area contributed by atoms with Crippen LogP contribution >= 0.6 is 23.4 Å². The van der Waals surface area contributed by atoms with Crippen LogP contribution in [0.5, 0.6) is 0 Å². The molecule has 2 aromatic heterocycles. The molecule has 4 rings (SSSR count). The number of hydrogen-bond acceptors (Lipinski definition) is 4. The van der Waals surface area contributed by atoms with Gasteiger partial charge in [0.05, 0.1) is 16.4 Å². The van der Waals surface area contributed by atoms with Crippen LogP contribution in [0, 0.1) is 5.82 Å². The van der Waals surface area contributed by atoms with Crippen LogP contribution in [-0.2, 0) is 5.75 Å². The molecule has 0 aliphatic carbocycles. The number of nitrogens with zero attached hydrogens (tertiary/aromatic N) is 2. The molecule has 1 N–H and O–H groups in total.